The van der Waals surface area contributed by atoms with Crippen LogP contribution in [-0.2, 0) is 13.1 Å². The van der Waals surface area contributed by atoms with Crippen LogP contribution >= 0.6 is 15.9 Å². The van der Waals surface area contributed by atoms with Gasteiger partial charge >= 0.3 is 0 Å². The molecule has 2 aromatic heterocycles. The molecule has 0 aliphatic carbocycles. The van der Waals surface area contributed by atoms with Gasteiger partial charge in [-0.1, -0.05) is 37.6 Å². The van der Waals surface area contributed by atoms with Gasteiger partial charge in [0.25, 0.3) is 0 Å². The van der Waals surface area contributed by atoms with Gasteiger partial charge in [-0.15, -0.1) is 5.10 Å². The molecule has 0 atom stereocenters. The number of anilines is 2. The van der Waals surface area contributed by atoms with E-state index in [2.05, 4.69) is 61.9 Å². The molecule has 0 amide bonds. The molecule has 0 aliphatic rings. The average Bonchev–Trinajstić information content (AvgIpc) is 3.27. The van der Waals surface area contributed by atoms with Gasteiger partial charge in [0.15, 0.2) is 11.5 Å². The smallest absolute Gasteiger partial charge is 0.245 e. The lowest BCUT2D eigenvalue weighted by Crippen LogP contribution is -2.27. The van der Waals surface area contributed by atoms with Crippen molar-refractivity contribution in [2.75, 3.05) is 37.6 Å². The number of hydrogen-bond donors (Lipinski definition) is 0. The highest BCUT2D eigenvalue weighted by Gasteiger charge is 2.20. The van der Waals surface area contributed by atoms with Crippen LogP contribution in [0.4, 0.5) is 11.8 Å². The number of methoxy groups -OCH3 is 2. The number of benzene rings is 2. The average molecular weight is 539 g/mol. The van der Waals surface area contributed by atoms with Gasteiger partial charge in [0.1, 0.15) is 16.1 Å². The van der Waals surface area contributed by atoms with Crippen LogP contribution in [0.3, 0.4) is 0 Å². The summed E-state index contributed by atoms with van der Waals surface area (Å²) in [5.74, 6) is 3.10. The van der Waals surface area contributed by atoms with E-state index >= 15 is 0 Å². The predicted molar refractivity (Wildman–Crippen MR) is 143 cm³/mol. The lowest BCUT2D eigenvalue weighted by molar-refractivity contribution is 0.414. The molecular formula is C26H31BrN6O2. The Kier molecular flexibility index (Phi) is 8.07. The molecule has 2 heterocycles. The fraction of sp³-hybridized carbons (Fsp3) is 0.346. The summed E-state index contributed by atoms with van der Waals surface area (Å²) in [5, 5.41) is 4.75. The molecule has 9 heteroatoms. The van der Waals surface area contributed by atoms with E-state index in [1.807, 2.05) is 35.8 Å². The first kappa shape index (κ1) is 24.8. The Bertz CT molecular complexity index is 1190. The second-order valence-electron chi connectivity index (χ2n) is 8.38. The van der Waals surface area contributed by atoms with Crippen molar-refractivity contribution in [2.24, 2.45) is 0 Å². The molecule has 35 heavy (non-hydrogen) atoms. The first-order valence-corrected chi connectivity index (χ1v) is 12.4. The van der Waals surface area contributed by atoms with E-state index in [-0.39, 0.29) is 0 Å². The summed E-state index contributed by atoms with van der Waals surface area (Å²) in [4.78, 5) is 14.0. The van der Waals surface area contributed by atoms with E-state index < -0.39 is 0 Å². The number of halogens is 1. The Hall–Kier alpha value is -3.33. The Morgan fingerprint density at radius 2 is 1.49 bits per heavy atom. The van der Waals surface area contributed by atoms with Crippen LogP contribution in [0.1, 0.15) is 30.9 Å². The third-order valence-corrected chi connectivity index (χ3v) is 6.39. The van der Waals surface area contributed by atoms with Crippen LogP contribution < -0.4 is 19.3 Å². The quantitative estimate of drug-likeness (QED) is 0.255. The van der Waals surface area contributed by atoms with Gasteiger partial charge in [-0.25, -0.2) is 4.98 Å². The zero-order valence-electron chi connectivity index (χ0n) is 20.6. The van der Waals surface area contributed by atoms with Crippen LogP contribution in [0.15, 0.2) is 59.3 Å². The molecule has 0 radical (unpaired) electrons. The first-order valence-electron chi connectivity index (χ1n) is 11.7. The lowest BCUT2D eigenvalue weighted by Gasteiger charge is -2.26. The van der Waals surface area contributed by atoms with Crippen molar-refractivity contribution in [3.63, 3.8) is 0 Å². The minimum absolute atomic E-state index is 0.644. The van der Waals surface area contributed by atoms with Gasteiger partial charge in [-0.3, -0.25) is 0 Å². The standard InChI is InChI=1S/C26H31BrN6O2/c1-5-6-15-31(2)26-29-25(24-28-16-23(27)33(24)30-26)32(17-19-7-11-21(34-3)12-8-19)18-20-9-13-22(35-4)14-10-20/h7-14,16H,5-6,15,17-18H2,1-4H3. The number of imidazole rings is 1. The maximum atomic E-state index is 5.34. The first-order chi connectivity index (χ1) is 17.0. The summed E-state index contributed by atoms with van der Waals surface area (Å²) in [6, 6.07) is 16.2. The molecule has 0 saturated carbocycles. The second-order valence-corrected chi connectivity index (χ2v) is 9.19. The zero-order valence-corrected chi connectivity index (χ0v) is 22.2. The molecule has 184 valence electrons. The zero-order chi connectivity index (χ0) is 24.8. The molecule has 4 aromatic rings. The van der Waals surface area contributed by atoms with Gasteiger partial charge in [0.2, 0.25) is 5.95 Å². The number of hydrogen-bond acceptors (Lipinski definition) is 7. The topological polar surface area (TPSA) is 68.0 Å². The normalized spacial score (nSPS) is 11.0. The van der Waals surface area contributed by atoms with Crippen LogP contribution in [0.5, 0.6) is 11.5 Å². The maximum Gasteiger partial charge on any atom is 0.245 e. The third kappa shape index (κ3) is 5.85. The number of rotatable bonds is 11. The molecule has 4 rings (SSSR count). The second kappa shape index (κ2) is 11.4. The summed E-state index contributed by atoms with van der Waals surface area (Å²) < 4.78 is 13.3. The molecule has 0 fully saturated rings. The fourth-order valence-electron chi connectivity index (χ4n) is 3.81. The van der Waals surface area contributed by atoms with Crippen LogP contribution in [0.25, 0.3) is 5.65 Å². The molecule has 0 aliphatic heterocycles. The van der Waals surface area contributed by atoms with Crippen molar-refractivity contribution in [1.82, 2.24) is 19.6 Å². The van der Waals surface area contributed by atoms with Crippen molar-refractivity contribution in [2.45, 2.75) is 32.9 Å². The van der Waals surface area contributed by atoms with E-state index in [1.54, 1.807) is 20.4 Å². The van der Waals surface area contributed by atoms with Crippen molar-refractivity contribution in [1.29, 1.82) is 0 Å². The third-order valence-electron chi connectivity index (χ3n) is 5.84. The van der Waals surface area contributed by atoms with Gasteiger partial charge in [0, 0.05) is 26.7 Å². The number of aromatic nitrogens is 4. The van der Waals surface area contributed by atoms with Crippen molar-refractivity contribution < 1.29 is 9.47 Å². The molecule has 0 N–H and O–H groups in total. The van der Waals surface area contributed by atoms with Gasteiger partial charge in [0.05, 0.1) is 20.4 Å². The molecule has 0 unspecified atom stereocenters. The maximum absolute atomic E-state index is 5.34. The van der Waals surface area contributed by atoms with Gasteiger partial charge < -0.3 is 19.3 Å². The largest absolute Gasteiger partial charge is 0.497 e. The van der Waals surface area contributed by atoms with Crippen LogP contribution in [0.2, 0.25) is 0 Å². The Morgan fingerprint density at radius 3 is 2.00 bits per heavy atom. The van der Waals surface area contributed by atoms with Crippen LogP contribution in [-0.4, -0.2) is 47.4 Å². The van der Waals surface area contributed by atoms with Crippen LogP contribution in [0, 0.1) is 0 Å². The Balaban J connectivity index is 1.77. The predicted octanol–water partition coefficient (Wildman–Crippen LogP) is 5.35. The number of ether oxygens (including phenoxy) is 2. The molecule has 8 nitrogen and oxygen atoms in total. The molecule has 2 aromatic carbocycles. The SMILES string of the molecule is CCCCN(C)c1nc(N(Cc2ccc(OC)cc2)Cc2ccc(OC)cc2)c2ncc(Br)n2n1. The minimum Gasteiger partial charge on any atom is -0.497 e. The van der Waals surface area contributed by atoms with Gasteiger partial charge in [-0.05, 0) is 57.7 Å². The molecular weight excluding hydrogens is 508 g/mol. The summed E-state index contributed by atoms with van der Waals surface area (Å²) >= 11 is 3.60. The Morgan fingerprint density at radius 1 is 0.914 bits per heavy atom. The number of nitrogens with zero attached hydrogens (tertiary/aromatic N) is 6. The van der Waals surface area contributed by atoms with Crippen molar-refractivity contribution in [3.05, 3.63) is 70.5 Å². The van der Waals surface area contributed by atoms with E-state index in [9.17, 15) is 0 Å². The highest BCUT2D eigenvalue weighted by molar-refractivity contribution is 9.10. The summed E-state index contributed by atoms with van der Waals surface area (Å²) in [7, 11) is 5.38. The monoisotopic (exact) mass is 538 g/mol. The van der Waals surface area contributed by atoms with E-state index in [1.165, 1.54) is 0 Å². The highest BCUT2D eigenvalue weighted by atomic mass is 79.9. The number of fused-ring (bicyclic) bond motifs is 1. The fourth-order valence-corrected chi connectivity index (χ4v) is 4.16. The van der Waals surface area contributed by atoms with Crippen molar-refractivity contribution >= 4 is 33.3 Å². The lowest BCUT2D eigenvalue weighted by atomic mass is 10.1. The highest BCUT2D eigenvalue weighted by Crippen LogP contribution is 2.27. The van der Waals surface area contributed by atoms with Crippen molar-refractivity contribution in [3.8, 4) is 11.5 Å². The molecule has 0 spiro atoms. The molecule has 0 bridgehead atoms. The summed E-state index contributed by atoms with van der Waals surface area (Å²) in [5.41, 5.74) is 2.98. The Labute approximate surface area is 214 Å². The number of unbranched alkanes of at least 4 members (excludes halogenated alkanes) is 1. The molecule has 0 saturated heterocycles. The van der Waals surface area contributed by atoms with E-state index in [0.717, 1.165) is 52.4 Å². The van der Waals surface area contributed by atoms with E-state index in [0.29, 0.717) is 24.7 Å². The minimum atomic E-state index is 0.644. The summed E-state index contributed by atoms with van der Waals surface area (Å²) in [6.07, 6.45) is 3.94. The summed E-state index contributed by atoms with van der Waals surface area (Å²) in [6.45, 7) is 4.35. The van der Waals surface area contributed by atoms with E-state index in [4.69, 9.17) is 19.6 Å². The van der Waals surface area contributed by atoms with Gasteiger partial charge in [-0.2, -0.15) is 9.50 Å².